The fourth-order valence-corrected chi connectivity index (χ4v) is 2.89. The van der Waals surface area contributed by atoms with Gasteiger partial charge in [-0.25, -0.2) is 9.18 Å². The number of carbonyl (C=O) groups excluding carboxylic acids is 2. The molecule has 2 atom stereocenters. The highest BCUT2D eigenvalue weighted by Gasteiger charge is 2.54. The van der Waals surface area contributed by atoms with Crippen molar-refractivity contribution in [1.29, 1.82) is 0 Å². The topological polar surface area (TPSA) is 43.4 Å². The third-order valence-corrected chi connectivity index (χ3v) is 4.22. The summed E-state index contributed by atoms with van der Waals surface area (Å²) in [5.74, 6) is -2.95. The Balaban J connectivity index is 2.55. The molecule has 0 radical (unpaired) electrons. The fraction of sp³-hybridized carbons (Fsp3) is 0.300. The second-order valence-electron chi connectivity index (χ2n) is 5.77. The van der Waals surface area contributed by atoms with Crippen molar-refractivity contribution in [2.75, 3.05) is 7.11 Å². The Morgan fingerprint density at radius 1 is 1.08 bits per heavy atom. The average Bonchev–Trinajstić information content (AvgIpc) is 2.63. The first-order valence-corrected chi connectivity index (χ1v) is 7.88. The summed E-state index contributed by atoms with van der Waals surface area (Å²) >= 11 is 0. The van der Waals surface area contributed by atoms with Gasteiger partial charge in [0.05, 0.1) is 7.11 Å². The molecule has 2 aromatic carbocycles. The molecule has 0 saturated carbocycles. The van der Waals surface area contributed by atoms with Gasteiger partial charge in [0.15, 0.2) is 0 Å². The third kappa shape index (κ3) is 3.23. The minimum absolute atomic E-state index is 0.149. The summed E-state index contributed by atoms with van der Waals surface area (Å²) in [5.41, 5.74) is -0.998. The zero-order valence-electron chi connectivity index (χ0n) is 14.1. The minimum atomic E-state index is -2.76. The van der Waals surface area contributed by atoms with E-state index in [2.05, 4.69) is 4.74 Å². The molecule has 0 N–H and O–H groups in total. The van der Waals surface area contributed by atoms with Crippen molar-refractivity contribution in [3.8, 4) is 0 Å². The van der Waals surface area contributed by atoms with E-state index in [9.17, 15) is 9.59 Å². The number of benzene rings is 2. The lowest BCUT2D eigenvalue weighted by Crippen LogP contribution is -2.48. The predicted octanol–water partition coefficient (Wildman–Crippen LogP) is 4.25. The Morgan fingerprint density at radius 3 is 2.17 bits per heavy atom. The third-order valence-electron chi connectivity index (χ3n) is 4.22. The molecule has 0 bridgehead atoms. The van der Waals surface area contributed by atoms with Crippen molar-refractivity contribution < 1.29 is 18.7 Å². The van der Waals surface area contributed by atoms with Crippen LogP contribution in [-0.2, 0) is 9.53 Å². The molecule has 0 fully saturated rings. The summed E-state index contributed by atoms with van der Waals surface area (Å²) in [6.45, 7) is 3.67. The van der Waals surface area contributed by atoms with Gasteiger partial charge in [-0.1, -0.05) is 67.1 Å². The maximum absolute atomic E-state index is 15.9. The molecule has 3 nitrogen and oxygen atoms in total. The molecular weight excluding hydrogens is 307 g/mol. The van der Waals surface area contributed by atoms with Gasteiger partial charge in [0.2, 0.25) is 5.78 Å². The molecule has 0 aromatic heterocycles. The Morgan fingerprint density at radius 2 is 1.67 bits per heavy atom. The van der Waals surface area contributed by atoms with Gasteiger partial charge in [-0.2, -0.15) is 0 Å². The van der Waals surface area contributed by atoms with Crippen LogP contribution in [0.15, 0.2) is 54.6 Å². The number of ketones is 1. The number of hydrogen-bond donors (Lipinski definition) is 0. The molecule has 0 aliphatic carbocycles. The number of alkyl halides is 1. The lowest BCUT2D eigenvalue weighted by atomic mass is 9.77. The van der Waals surface area contributed by atoms with E-state index in [1.165, 1.54) is 12.1 Å². The monoisotopic (exact) mass is 328 g/mol. The molecule has 24 heavy (non-hydrogen) atoms. The number of methoxy groups -OCH3 is 1. The molecule has 2 rings (SSSR count). The standard InChI is InChI=1S/C20H21FO3/c1-4-17(15-12-10-14(2)11-13-15)20(21,19(23)24-3)18(22)16-8-6-5-7-9-16/h5-13,17H,4H2,1-3H3/t17-,20+/m0/s1. The van der Waals surface area contributed by atoms with Gasteiger partial charge in [0.25, 0.3) is 5.67 Å². The Labute approximate surface area is 141 Å². The van der Waals surface area contributed by atoms with Crippen LogP contribution >= 0.6 is 0 Å². The van der Waals surface area contributed by atoms with E-state index in [0.717, 1.165) is 12.7 Å². The Kier molecular flexibility index (Phi) is 5.50. The van der Waals surface area contributed by atoms with Crippen molar-refractivity contribution in [2.45, 2.75) is 31.9 Å². The van der Waals surface area contributed by atoms with Crippen molar-refractivity contribution in [3.63, 3.8) is 0 Å². The second-order valence-corrected chi connectivity index (χ2v) is 5.77. The second kappa shape index (κ2) is 7.39. The van der Waals surface area contributed by atoms with E-state index < -0.39 is 23.3 Å². The number of rotatable bonds is 6. The maximum atomic E-state index is 15.9. The van der Waals surface area contributed by atoms with Crippen LogP contribution in [0.25, 0.3) is 0 Å². The van der Waals surface area contributed by atoms with Gasteiger partial charge in [-0.05, 0) is 18.9 Å². The van der Waals surface area contributed by atoms with Crippen LogP contribution in [0.3, 0.4) is 0 Å². The summed E-state index contributed by atoms with van der Waals surface area (Å²) in [4.78, 5) is 25.1. The lowest BCUT2D eigenvalue weighted by molar-refractivity contribution is -0.152. The molecule has 0 aliphatic heterocycles. The van der Waals surface area contributed by atoms with Crippen molar-refractivity contribution in [1.82, 2.24) is 0 Å². The molecule has 2 aromatic rings. The number of ether oxygens (including phenoxy) is 1. The molecule has 0 saturated heterocycles. The normalized spacial score (nSPS) is 14.5. The van der Waals surface area contributed by atoms with Crippen LogP contribution < -0.4 is 0 Å². The van der Waals surface area contributed by atoms with E-state index in [1.807, 2.05) is 19.1 Å². The largest absolute Gasteiger partial charge is 0.466 e. The van der Waals surface area contributed by atoms with E-state index >= 15 is 4.39 Å². The maximum Gasteiger partial charge on any atom is 0.352 e. The Bertz CT molecular complexity index is 709. The quantitative estimate of drug-likeness (QED) is 0.452. The molecule has 4 heteroatoms. The average molecular weight is 328 g/mol. The molecule has 0 amide bonds. The van der Waals surface area contributed by atoms with E-state index in [-0.39, 0.29) is 12.0 Å². The fourth-order valence-electron chi connectivity index (χ4n) is 2.89. The zero-order chi connectivity index (χ0) is 17.7. The first kappa shape index (κ1) is 17.9. The van der Waals surface area contributed by atoms with Gasteiger partial charge in [-0.15, -0.1) is 0 Å². The first-order valence-electron chi connectivity index (χ1n) is 7.88. The van der Waals surface area contributed by atoms with Crippen LogP contribution in [0.2, 0.25) is 0 Å². The van der Waals surface area contributed by atoms with Gasteiger partial charge >= 0.3 is 5.97 Å². The van der Waals surface area contributed by atoms with Crippen molar-refractivity contribution in [2.24, 2.45) is 0 Å². The van der Waals surface area contributed by atoms with E-state index in [0.29, 0.717) is 5.56 Å². The van der Waals surface area contributed by atoms with Crippen LogP contribution in [0.1, 0.15) is 40.7 Å². The highest BCUT2D eigenvalue weighted by atomic mass is 19.1. The molecule has 0 aliphatic rings. The minimum Gasteiger partial charge on any atom is -0.466 e. The van der Waals surface area contributed by atoms with E-state index in [4.69, 9.17) is 0 Å². The zero-order valence-corrected chi connectivity index (χ0v) is 14.1. The van der Waals surface area contributed by atoms with Crippen LogP contribution in [0, 0.1) is 6.92 Å². The van der Waals surface area contributed by atoms with Crippen LogP contribution in [0.5, 0.6) is 0 Å². The van der Waals surface area contributed by atoms with Gasteiger partial charge in [0, 0.05) is 11.5 Å². The molecule has 0 unspecified atom stereocenters. The van der Waals surface area contributed by atoms with Gasteiger partial charge in [0.1, 0.15) is 0 Å². The number of carbonyl (C=O) groups is 2. The highest BCUT2D eigenvalue weighted by molar-refractivity contribution is 6.16. The van der Waals surface area contributed by atoms with Crippen molar-refractivity contribution >= 4 is 11.8 Å². The summed E-state index contributed by atoms with van der Waals surface area (Å²) in [7, 11) is 1.09. The number of esters is 1. The van der Waals surface area contributed by atoms with Crippen LogP contribution in [-0.4, -0.2) is 24.5 Å². The smallest absolute Gasteiger partial charge is 0.352 e. The SMILES string of the molecule is CC[C@@H](c1ccc(C)cc1)[C@](F)(C(=O)OC)C(=O)c1ccccc1. The van der Waals surface area contributed by atoms with Crippen LogP contribution in [0.4, 0.5) is 4.39 Å². The summed E-state index contributed by atoms with van der Waals surface area (Å²) in [5, 5.41) is 0. The number of hydrogen-bond acceptors (Lipinski definition) is 3. The number of halogens is 1. The van der Waals surface area contributed by atoms with E-state index in [1.54, 1.807) is 37.3 Å². The molecule has 0 spiro atoms. The Hall–Kier alpha value is -2.49. The first-order chi connectivity index (χ1) is 11.4. The predicted molar refractivity (Wildman–Crippen MR) is 90.8 cm³/mol. The van der Waals surface area contributed by atoms with Crippen molar-refractivity contribution in [3.05, 3.63) is 71.3 Å². The summed E-state index contributed by atoms with van der Waals surface area (Å²) < 4.78 is 20.5. The molecular formula is C20H21FO3. The lowest BCUT2D eigenvalue weighted by Gasteiger charge is -2.30. The number of Topliss-reactive ketones (excluding diaryl/α,β-unsaturated/α-hetero) is 1. The summed E-state index contributed by atoms with van der Waals surface area (Å²) in [6.07, 6.45) is 0.285. The van der Waals surface area contributed by atoms with Gasteiger partial charge < -0.3 is 4.74 Å². The molecule has 126 valence electrons. The molecule has 0 heterocycles. The summed E-state index contributed by atoms with van der Waals surface area (Å²) in [6, 6.07) is 15.2. The van der Waals surface area contributed by atoms with Gasteiger partial charge in [-0.3, -0.25) is 4.79 Å². The highest BCUT2D eigenvalue weighted by Crippen LogP contribution is 2.38. The number of aryl methyl sites for hydroxylation is 1.